The predicted octanol–water partition coefficient (Wildman–Crippen LogP) is 2.90. The second kappa shape index (κ2) is 4.07. The van der Waals surface area contributed by atoms with Crippen LogP contribution in [0, 0.1) is 23.0 Å². The fourth-order valence-electron chi connectivity index (χ4n) is 1.38. The quantitative estimate of drug-likeness (QED) is 0.734. The Labute approximate surface area is 90.8 Å². The predicted molar refractivity (Wildman–Crippen MR) is 54.3 cm³/mol. The fraction of sp³-hybridized carbons (Fsp3) is 0. The summed E-state index contributed by atoms with van der Waals surface area (Å²) in [6.07, 6.45) is 2.54. The van der Waals surface area contributed by atoms with Crippen LogP contribution in [0.3, 0.4) is 0 Å². The van der Waals surface area contributed by atoms with Gasteiger partial charge in [0.2, 0.25) is 0 Å². The molecule has 0 aliphatic heterocycles. The first-order chi connectivity index (χ1) is 7.72. The van der Waals surface area contributed by atoms with Crippen molar-refractivity contribution in [3.05, 3.63) is 53.9 Å². The van der Waals surface area contributed by atoms with Crippen molar-refractivity contribution in [2.24, 2.45) is 0 Å². The zero-order valence-corrected chi connectivity index (χ0v) is 8.11. The van der Waals surface area contributed by atoms with Gasteiger partial charge >= 0.3 is 0 Å². The highest BCUT2D eigenvalue weighted by Crippen LogP contribution is 2.25. The van der Waals surface area contributed by atoms with E-state index < -0.39 is 11.6 Å². The molecule has 1 aromatic carbocycles. The van der Waals surface area contributed by atoms with Gasteiger partial charge < -0.3 is 0 Å². The zero-order valence-electron chi connectivity index (χ0n) is 8.11. The largest absolute Gasteiger partial charge is 0.264 e. The van der Waals surface area contributed by atoms with Crippen molar-refractivity contribution in [3.8, 4) is 17.2 Å². The summed E-state index contributed by atoms with van der Waals surface area (Å²) >= 11 is 0. The Kier molecular flexibility index (Phi) is 2.61. The van der Waals surface area contributed by atoms with E-state index in [2.05, 4.69) is 4.98 Å². The molecule has 0 atom stereocenters. The van der Waals surface area contributed by atoms with Crippen LogP contribution in [-0.4, -0.2) is 4.98 Å². The smallest absolute Gasteiger partial charge is 0.134 e. The summed E-state index contributed by atoms with van der Waals surface area (Å²) in [5.74, 6) is -1.18. The van der Waals surface area contributed by atoms with Crippen molar-refractivity contribution in [1.29, 1.82) is 5.26 Å². The standard InChI is InChI=1S/C12H6F2N2/c13-11-3-4-16-7-10(11)9-2-1-8(6-15)5-12(9)14/h1-5,7H. The molecule has 16 heavy (non-hydrogen) atoms. The SMILES string of the molecule is N#Cc1ccc(-c2cnccc2F)c(F)c1. The molecule has 0 spiro atoms. The van der Waals surface area contributed by atoms with Crippen molar-refractivity contribution in [2.75, 3.05) is 0 Å². The Bertz CT molecular complexity index is 573. The summed E-state index contributed by atoms with van der Waals surface area (Å²) < 4.78 is 26.9. The molecule has 2 rings (SSSR count). The number of benzene rings is 1. The third-order valence-corrected chi connectivity index (χ3v) is 2.16. The summed E-state index contributed by atoms with van der Waals surface area (Å²) in [5.41, 5.74) is 0.389. The van der Waals surface area contributed by atoms with E-state index in [-0.39, 0.29) is 16.7 Å². The minimum Gasteiger partial charge on any atom is -0.264 e. The van der Waals surface area contributed by atoms with Crippen LogP contribution >= 0.6 is 0 Å². The van der Waals surface area contributed by atoms with Crippen LogP contribution in [0.4, 0.5) is 8.78 Å². The molecular weight excluding hydrogens is 210 g/mol. The normalized spacial score (nSPS) is 9.81. The first-order valence-electron chi connectivity index (χ1n) is 4.52. The molecule has 1 aromatic heterocycles. The minimum atomic E-state index is -0.633. The molecule has 4 heteroatoms. The van der Waals surface area contributed by atoms with E-state index in [1.807, 2.05) is 6.07 Å². The number of nitriles is 1. The van der Waals surface area contributed by atoms with Gasteiger partial charge in [-0.25, -0.2) is 8.78 Å². The van der Waals surface area contributed by atoms with Gasteiger partial charge in [-0.3, -0.25) is 4.98 Å². The van der Waals surface area contributed by atoms with E-state index in [1.165, 1.54) is 24.5 Å². The lowest BCUT2D eigenvalue weighted by molar-refractivity contribution is 0.614. The maximum absolute atomic E-state index is 13.6. The van der Waals surface area contributed by atoms with Gasteiger partial charge in [0, 0.05) is 23.5 Å². The van der Waals surface area contributed by atoms with Gasteiger partial charge in [0.25, 0.3) is 0 Å². The van der Waals surface area contributed by atoms with Gasteiger partial charge in [-0.15, -0.1) is 0 Å². The molecule has 0 radical (unpaired) electrons. The van der Waals surface area contributed by atoms with Gasteiger partial charge in [0.15, 0.2) is 0 Å². The topological polar surface area (TPSA) is 36.7 Å². The molecule has 1 heterocycles. The fourth-order valence-corrected chi connectivity index (χ4v) is 1.38. The third-order valence-electron chi connectivity index (χ3n) is 2.16. The number of pyridine rings is 1. The molecule has 0 unspecified atom stereocenters. The molecule has 0 N–H and O–H groups in total. The summed E-state index contributed by atoms with van der Waals surface area (Å²) in [6.45, 7) is 0. The summed E-state index contributed by atoms with van der Waals surface area (Å²) in [5, 5.41) is 8.58. The second-order valence-corrected chi connectivity index (χ2v) is 3.16. The number of hydrogen-bond acceptors (Lipinski definition) is 2. The molecule has 0 fully saturated rings. The summed E-state index contributed by atoms with van der Waals surface area (Å²) in [6, 6.07) is 6.85. The first-order valence-corrected chi connectivity index (χ1v) is 4.52. The molecular formula is C12H6F2N2. The third kappa shape index (κ3) is 1.75. The van der Waals surface area contributed by atoms with Crippen LogP contribution < -0.4 is 0 Å². The zero-order chi connectivity index (χ0) is 11.5. The van der Waals surface area contributed by atoms with Crippen molar-refractivity contribution < 1.29 is 8.78 Å². The summed E-state index contributed by atoms with van der Waals surface area (Å²) in [4.78, 5) is 3.73. The van der Waals surface area contributed by atoms with Crippen LogP contribution in [0.15, 0.2) is 36.7 Å². The lowest BCUT2D eigenvalue weighted by Crippen LogP contribution is -1.90. The van der Waals surface area contributed by atoms with Crippen molar-refractivity contribution in [3.63, 3.8) is 0 Å². The van der Waals surface area contributed by atoms with E-state index in [4.69, 9.17) is 5.26 Å². The molecule has 0 saturated carbocycles. The van der Waals surface area contributed by atoms with Gasteiger partial charge in [0.05, 0.1) is 11.6 Å². The monoisotopic (exact) mass is 216 g/mol. The minimum absolute atomic E-state index is 0.0875. The number of rotatable bonds is 1. The van der Waals surface area contributed by atoms with Crippen LogP contribution in [0.2, 0.25) is 0 Å². The van der Waals surface area contributed by atoms with E-state index >= 15 is 0 Å². The number of halogens is 2. The molecule has 2 nitrogen and oxygen atoms in total. The van der Waals surface area contributed by atoms with Gasteiger partial charge in [-0.2, -0.15) is 5.26 Å². The molecule has 78 valence electrons. The van der Waals surface area contributed by atoms with E-state index in [9.17, 15) is 8.78 Å². The van der Waals surface area contributed by atoms with Crippen LogP contribution in [0.1, 0.15) is 5.56 Å². The molecule has 0 amide bonds. The second-order valence-electron chi connectivity index (χ2n) is 3.16. The van der Waals surface area contributed by atoms with E-state index in [0.717, 1.165) is 12.1 Å². The van der Waals surface area contributed by atoms with Gasteiger partial charge in [-0.05, 0) is 24.3 Å². The molecule has 0 aliphatic rings. The Morgan fingerprint density at radius 1 is 1.06 bits per heavy atom. The van der Waals surface area contributed by atoms with Crippen molar-refractivity contribution in [2.45, 2.75) is 0 Å². The Morgan fingerprint density at radius 3 is 2.50 bits per heavy atom. The van der Waals surface area contributed by atoms with Crippen LogP contribution in [-0.2, 0) is 0 Å². The molecule has 2 aromatic rings. The Morgan fingerprint density at radius 2 is 1.88 bits per heavy atom. The molecule has 0 aliphatic carbocycles. The van der Waals surface area contributed by atoms with E-state index in [1.54, 1.807) is 0 Å². The lowest BCUT2D eigenvalue weighted by Gasteiger charge is -2.04. The first kappa shape index (κ1) is 10.2. The lowest BCUT2D eigenvalue weighted by atomic mass is 10.0. The maximum atomic E-state index is 13.6. The maximum Gasteiger partial charge on any atom is 0.134 e. The average molecular weight is 216 g/mol. The summed E-state index contributed by atoms with van der Waals surface area (Å²) in [7, 11) is 0. The van der Waals surface area contributed by atoms with Gasteiger partial charge in [-0.1, -0.05) is 0 Å². The number of aromatic nitrogens is 1. The van der Waals surface area contributed by atoms with Crippen molar-refractivity contribution in [1.82, 2.24) is 4.98 Å². The average Bonchev–Trinajstić information content (AvgIpc) is 2.30. The Hall–Kier alpha value is -2.28. The highest BCUT2D eigenvalue weighted by molar-refractivity contribution is 5.64. The van der Waals surface area contributed by atoms with Crippen molar-refractivity contribution >= 4 is 0 Å². The van der Waals surface area contributed by atoms with Crippen LogP contribution in [0.25, 0.3) is 11.1 Å². The Balaban J connectivity index is 2.58. The molecule has 0 saturated heterocycles. The highest BCUT2D eigenvalue weighted by atomic mass is 19.1. The number of nitrogens with zero attached hydrogens (tertiary/aromatic N) is 2. The van der Waals surface area contributed by atoms with E-state index in [0.29, 0.717) is 0 Å². The molecule has 0 bridgehead atoms. The highest BCUT2D eigenvalue weighted by Gasteiger charge is 2.10. The number of hydrogen-bond donors (Lipinski definition) is 0. The van der Waals surface area contributed by atoms with Gasteiger partial charge in [0.1, 0.15) is 11.6 Å². The van der Waals surface area contributed by atoms with Crippen LogP contribution in [0.5, 0.6) is 0 Å².